The van der Waals surface area contributed by atoms with Crippen LogP contribution in [0.3, 0.4) is 0 Å². The quantitative estimate of drug-likeness (QED) is 0.538. The van der Waals surface area contributed by atoms with Gasteiger partial charge in [-0.05, 0) is 25.3 Å². The maximum absolute atomic E-state index is 12.6. The van der Waals surface area contributed by atoms with E-state index in [2.05, 4.69) is 0 Å². The number of rotatable bonds is 2. The van der Waals surface area contributed by atoms with Gasteiger partial charge in [0.05, 0.1) is 0 Å². The highest BCUT2D eigenvalue weighted by atomic mass is 19.1. The van der Waals surface area contributed by atoms with Crippen LogP contribution in [0.4, 0.5) is 4.39 Å². The van der Waals surface area contributed by atoms with Crippen molar-refractivity contribution in [1.29, 1.82) is 0 Å². The summed E-state index contributed by atoms with van der Waals surface area (Å²) in [6.07, 6.45) is 3.68. The molecule has 0 unspecified atom stereocenters. The topological polar surface area (TPSA) is 0 Å². The third-order valence-corrected chi connectivity index (χ3v) is 1.37. The molecule has 72 valence electrons. The van der Waals surface area contributed by atoms with Gasteiger partial charge in [-0.15, -0.1) is 0 Å². The average Bonchev–Trinajstić information content (AvgIpc) is 2.03. The number of halogens is 1. The molecular weight excluding hydrogens is 151 g/mol. The summed E-state index contributed by atoms with van der Waals surface area (Å²) in [7, 11) is 0. The summed E-state index contributed by atoms with van der Waals surface area (Å²) in [5, 5.41) is 0. The van der Waals surface area contributed by atoms with E-state index in [0.717, 1.165) is 5.57 Å². The van der Waals surface area contributed by atoms with Gasteiger partial charge in [0.25, 0.3) is 0 Å². The standard InChI is InChI=1S/C9H15F.C2H6/c1-5-6-9(7(2)3)8(4)10;1-2/h5-7H,1-4H3;1-2H3/b6-5-,9-8-;. The Morgan fingerprint density at radius 1 is 1.25 bits per heavy atom. The van der Waals surface area contributed by atoms with Crippen LogP contribution in [-0.4, -0.2) is 0 Å². The minimum atomic E-state index is -0.0758. The molecule has 0 aromatic carbocycles. The fraction of sp³-hybridized carbons (Fsp3) is 0.636. The SMILES string of the molecule is C/C=C\C(=C(/C)F)C(C)C.CC. The second kappa shape index (κ2) is 8.51. The van der Waals surface area contributed by atoms with E-state index in [9.17, 15) is 4.39 Å². The van der Waals surface area contributed by atoms with Gasteiger partial charge in [0.15, 0.2) is 0 Å². The second-order valence-electron chi connectivity index (χ2n) is 2.64. The molecule has 0 nitrogen and oxygen atoms in total. The maximum Gasteiger partial charge on any atom is 0.100 e. The molecule has 0 N–H and O–H groups in total. The van der Waals surface area contributed by atoms with Crippen molar-refractivity contribution in [2.75, 3.05) is 0 Å². The van der Waals surface area contributed by atoms with Gasteiger partial charge in [-0.25, -0.2) is 4.39 Å². The fourth-order valence-electron chi connectivity index (χ4n) is 0.885. The van der Waals surface area contributed by atoms with Gasteiger partial charge in [0, 0.05) is 0 Å². The number of hydrogen-bond donors (Lipinski definition) is 0. The molecule has 0 bridgehead atoms. The Morgan fingerprint density at radius 3 is 1.75 bits per heavy atom. The minimum absolute atomic E-state index is 0.0758. The van der Waals surface area contributed by atoms with Crippen molar-refractivity contribution in [2.24, 2.45) is 5.92 Å². The Hall–Kier alpha value is -0.590. The van der Waals surface area contributed by atoms with Gasteiger partial charge < -0.3 is 0 Å². The third kappa shape index (κ3) is 6.14. The van der Waals surface area contributed by atoms with Crippen molar-refractivity contribution < 1.29 is 4.39 Å². The molecule has 0 rings (SSSR count). The first-order valence-corrected chi connectivity index (χ1v) is 4.58. The van der Waals surface area contributed by atoms with Crippen LogP contribution in [0.15, 0.2) is 23.6 Å². The first-order valence-electron chi connectivity index (χ1n) is 4.58. The summed E-state index contributed by atoms with van der Waals surface area (Å²) in [6, 6.07) is 0. The lowest BCUT2D eigenvalue weighted by atomic mass is 10.0. The molecule has 0 radical (unpaired) electrons. The van der Waals surface area contributed by atoms with Crippen molar-refractivity contribution in [3.8, 4) is 0 Å². The van der Waals surface area contributed by atoms with Gasteiger partial charge in [-0.1, -0.05) is 39.8 Å². The van der Waals surface area contributed by atoms with Gasteiger partial charge in [0.2, 0.25) is 0 Å². The Bertz CT molecular complexity index is 148. The van der Waals surface area contributed by atoms with E-state index in [1.165, 1.54) is 6.92 Å². The molecule has 0 aliphatic rings. The van der Waals surface area contributed by atoms with Gasteiger partial charge >= 0.3 is 0 Å². The Labute approximate surface area is 76.2 Å². The largest absolute Gasteiger partial charge is 0.212 e. The highest BCUT2D eigenvalue weighted by Crippen LogP contribution is 2.16. The summed E-state index contributed by atoms with van der Waals surface area (Å²) in [4.78, 5) is 0. The van der Waals surface area contributed by atoms with Crippen molar-refractivity contribution in [3.05, 3.63) is 23.6 Å². The van der Waals surface area contributed by atoms with Crippen molar-refractivity contribution in [1.82, 2.24) is 0 Å². The van der Waals surface area contributed by atoms with Gasteiger partial charge in [-0.3, -0.25) is 0 Å². The molecule has 0 atom stereocenters. The normalized spacial score (nSPS) is 12.7. The van der Waals surface area contributed by atoms with E-state index < -0.39 is 0 Å². The zero-order valence-electron chi connectivity index (χ0n) is 9.11. The fourth-order valence-corrected chi connectivity index (χ4v) is 0.885. The average molecular weight is 172 g/mol. The molecule has 0 amide bonds. The van der Waals surface area contributed by atoms with Crippen LogP contribution in [-0.2, 0) is 0 Å². The lowest BCUT2D eigenvalue weighted by Crippen LogP contribution is -1.91. The summed E-state index contributed by atoms with van der Waals surface area (Å²) < 4.78 is 12.6. The van der Waals surface area contributed by atoms with Gasteiger partial charge in [0.1, 0.15) is 5.83 Å². The molecule has 0 aromatic rings. The molecular formula is C11H21F. The molecule has 0 heterocycles. The van der Waals surface area contributed by atoms with E-state index in [1.807, 2.05) is 46.8 Å². The van der Waals surface area contributed by atoms with Crippen LogP contribution in [0.1, 0.15) is 41.5 Å². The van der Waals surface area contributed by atoms with Crippen LogP contribution in [0.5, 0.6) is 0 Å². The summed E-state index contributed by atoms with van der Waals surface area (Å²) in [6.45, 7) is 11.4. The summed E-state index contributed by atoms with van der Waals surface area (Å²) >= 11 is 0. The maximum atomic E-state index is 12.6. The molecule has 0 aromatic heterocycles. The van der Waals surface area contributed by atoms with E-state index >= 15 is 0 Å². The van der Waals surface area contributed by atoms with Crippen LogP contribution in [0, 0.1) is 5.92 Å². The van der Waals surface area contributed by atoms with Crippen molar-refractivity contribution in [3.63, 3.8) is 0 Å². The lowest BCUT2D eigenvalue weighted by molar-refractivity contribution is 0.605. The molecule has 1 heteroatoms. The molecule has 0 aliphatic carbocycles. The van der Waals surface area contributed by atoms with Crippen molar-refractivity contribution >= 4 is 0 Å². The molecule has 0 aliphatic heterocycles. The number of allylic oxidation sites excluding steroid dienone is 4. The molecule has 0 fully saturated rings. The van der Waals surface area contributed by atoms with E-state index in [4.69, 9.17) is 0 Å². The van der Waals surface area contributed by atoms with Crippen molar-refractivity contribution in [2.45, 2.75) is 41.5 Å². The van der Waals surface area contributed by atoms with E-state index in [0.29, 0.717) is 0 Å². The van der Waals surface area contributed by atoms with Crippen LogP contribution < -0.4 is 0 Å². The molecule has 0 saturated carbocycles. The van der Waals surface area contributed by atoms with Crippen LogP contribution in [0.2, 0.25) is 0 Å². The van der Waals surface area contributed by atoms with E-state index in [-0.39, 0.29) is 11.7 Å². The zero-order chi connectivity index (χ0) is 10.1. The summed E-state index contributed by atoms with van der Waals surface area (Å²) in [5.41, 5.74) is 0.794. The van der Waals surface area contributed by atoms with Crippen LogP contribution in [0.25, 0.3) is 0 Å². The second-order valence-corrected chi connectivity index (χ2v) is 2.64. The van der Waals surface area contributed by atoms with Gasteiger partial charge in [-0.2, -0.15) is 0 Å². The Morgan fingerprint density at radius 2 is 1.67 bits per heavy atom. The smallest absolute Gasteiger partial charge is 0.100 e. The summed E-state index contributed by atoms with van der Waals surface area (Å²) in [5.74, 6) is 0.203. The predicted molar refractivity (Wildman–Crippen MR) is 54.8 cm³/mol. The predicted octanol–water partition coefficient (Wildman–Crippen LogP) is 4.49. The first-order chi connectivity index (χ1) is 5.59. The molecule has 12 heavy (non-hydrogen) atoms. The van der Waals surface area contributed by atoms with E-state index in [1.54, 1.807) is 0 Å². The zero-order valence-corrected chi connectivity index (χ0v) is 9.11. The monoisotopic (exact) mass is 172 g/mol. The first kappa shape index (κ1) is 14.0. The highest BCUT2D eigenvalue weighted by Gasteiger charge is 2.02. The highest BCUT2D eigenvalue weighted by molar-refractivity contribution is 5.22. The Kier molecular flexibility index (Phi) is 9.90. The molecule has 0 spiro atoms. The third-order valence-electron chi connectivity index (χ3n) is 1.37. The minimum Gasteiger partial charge on any atom is -0.212 e. The number of hydrogen-bond acceptors (Lipinski definition) is 0. The lowest BCUT2D eigenvalue weighted by Gasteiger charge is -2.05. The molecule has 0 saturated heterocycles. The Balaban J connectivity index is 0. The van der Waals surface area contributed by atoms with Crippen LogP contribution >= 0.6 is 0 Å².